The number of methoxy groups -OCH3 is 1. The summed E-state index contributed by atoms with van der Waals surface area (Å²) < 4.78 is 11.1. The molecule has 0 aliphatic carbocycles. The van der Waals surface area contributed by atoms with Crippen LogP contribution < -0.4 is 15.4 Å². The maximum absolute atomic E-state index is 5.99. The normalized spacial score (nSPS) is 16.1. The van der Waals surface area contributed by atoms with Crippen molar-refractivity contribution < 1.29 is 9.47 Å². The molecular formula is C23H40N4O2. The molecule has 0 atom stereocenters. The highest BCUT2D eigenvalue weighted by atomic mass is 16.5. The SMILES string of the molecule is CCCN1CCC(CNC(=NC)NCc2ccc(C)cc2OCCCOC)CC1. The van der Waals surface area contributed by atoms with Gasteiger partial charge in [-0.3, -0.25) is 4.99 Å². The van der Waals surface area contributed by atoms with E-state index in [0.29, 0.717) is 19.8 Å². The Morgan fingerprint density at radius 2 is 2.00 bits per heavy atom. The summed E-state index contributed by atoms with van der Waals surface area (Å²) in [4.78, 5) is 6.97. The first kappa shape index (κ1) is 23.5. The second-order valence-electron chi connectivity index (χ2n) is 7.90. The van der Waals surface area contributed by atoms with Crippen LogP contribution in [0.3, 0.4) is 0 Å². The van der Waals surface area contributed by atoms with Crippen LogP contribution in [0, 0.1) is 12.8 Å². The first-order chi connectivity index (χ1) is 14.2. The molecule has 1 aliphatic heterocycles. The fraction of sp³-hybridized carbons (Fsp3) is 0.696. The summed E-state index contributed by atoms with van der Waals surface area (Å²) in [7, 11) is 3.55. The Morgan fingerprint density at radius 1 is 1.21 bits per heavy atom. The number of ether oxygens (including phenoxy) is 2. The average Bonchev–Trinajstić information content (AvgIpc) is 2.74. The number of rotatable bonds is 11. The second kappa shape index (κ2) is 13.4. The number of hydrogen-bond acceptors (Lipinski definition) is 4. The van der Waals surface area contributed by atoms with Crippen molar-refractivity contribution in [1.29, 1.82) is 0 Å². The molecule has 6 heteroatoms. The number of likely N-dealkylation sites (tertiary alicyclic amines) is 1. The van der Waals surface area contributed by atoms with E-state index < -0.39 is 0 Å². The summed E-state index contributed by atoms with van der Waals surface area (Å²) in [6.07, 6.45) is 4.66. The molecule has 2 rings (SSSR count). The Bertz CT molecular complexity index is 613. The third kappa shape index (κ3) is 8.62. The van der Waals surface area contributed by atoms with Crippen molar-refractivity contribution in [2.24, 2.45) is 10.9 Å². The molecule has 164 valence electrons. The van der Waals surface area contributed by atoms with Gasteiger partial charge in [0.15, 0.2) is 5.96 Å². The monoisotopic (exact) mass is 404 g/mol. The van der Waals surface area contributed by atoms with Crippen molar-refractivity contribution >= 4 is 5.96 Å². The van der Waals surface area contributed by atoms with Crippen molar-refractivity contribution in [2.45, 2.75) is 46.1 Å². The van der Waals surface area contributed by atoms with Gasteiger partial charge in [0.2, 0.25) is 0 Å². The van der Waals surface area contributed by atoms with E-state index in [9.17, 15) is 0 Å². The third-order valence-electron chi connectivity index (χ3n) is 5.45. The highest BCUT2D eigenvalue weighted by Gasteiger charge is 2.18. The van der Waals surface area contributed by atoms with Crippen LogP contribution in [0.25, 0.3) is 0 Å². The smallest absolute Gasteiger partial charge is 0.191 e. The predicted molar refractivity (Wildman–Crippen MR) is 121 cm³/mol. The molecule has 0 unspecified atom stereocenters. The number of guanidine groups is 1. The summed E-state index contributed by atoms with van der Waals surface area (Å²) in [5.41, 5.74) is 2.34. The fourth-order valence-corrected chi connectivity index (χ4v) is 3.70. The molecular weight excluding hydrogens is 364 g/mol. The zero-order chi connectivity index (χ0) is 20.9. The first-order valence-electron chi connectivity index (χ1n) is 11.0. The van der Waals surface area contributed by atoms with E-state index in [1.54, 1.807) is 7.11 Å². The Kier molecular flexibility index (Phi) is 10.9. The van der Waals surface area contributed by atoms with Crippen molar-refractivity contribution in [3.05, 3.63) is 29.3 Å². The van der Waals surface area contributed by atoms with Crippen LogP contribution in [0.5, 0.6) is 5.75 Å². The minimum atomic E-state index is 0.661. The molecule has 0 spiro atoms. The van der Waals surface area contributed by atoms with Crippen molar-refractivity contribution in [3.63, 3.8) is 0 Å². The first-order valence-corrected chi connectivity index (χ1v) is 11.0. The van der Waals surface area contributed by atoms with Crippen LogP contribution >= 0.6 is 0 Å². The molecule has 0 radical (unpaired) electrons. The van der Waals surface area contributed by atoms with E-state index >= 15 is 0 Å². The van der Waals surface area contributed by atoms with Crippen LogP contribution in [0.4, 0.5) is 0 Å². The lowest BCUT2D eigenvalue weighted by molar-refractivity contribution is 0.171. The van der Waals surface area contributed by atoms with Gasteiger partial charge in [0.05, 0.1) is 6.61 Å². The maximum Gasteiger partial charge on any atom is 0.191 e. The summed E-state index contributed by atoms with van der Waals surface area (Å²) >= 11 is 0. The summed E-state index contributed by atoms with van der Waals surface area (Å²) in [5, 5.41) is 6.95. The highest BCUT2D eigenvalue weighted by molar-refractivity contribution is 5.79. The van der Waals surface area contributed by atoms with Gasteiger partial charge < -0.3 is 25.0 Å². The quantitative estimate of drug-likeness (QED) is 0.337. The highest BCUT2D eigenvalue weighted by Crippen LogP contribution is 2.21. The standard InChI is InChI=1S/C23H40N4O2/c1-5-11-27-12-9-20(10-13-27)17-25-23(24-3)26-18-21-8-7-19(2)16-22(21)29-15-6-14-28-4/h7-8,16,20H,5-6,9-15,17-18H2,1-4H3,(H2,24,25,26). The van der Waals surface area contributed by atoms with E-state index in [0.717, 1.165) is 36.2 Å². The molecule has 1 saturated heterocycles. The molecule has 6 nitrogen and oxygen atoms in total. The molecule has 0 amide bonds. The van der Waals surface area contributed by atoms with Gasteiger partial charge in [0, 0.05) is 45.8 Å². The van der Waals surface area contributed by atoms with E-state index in [4.69, 9.17) is 9.47 Å². The maximum atomic E-state index is 5.99. The molecule has 0 aromatic heterocycles. The Hall–Kier alpha value is -1.79. The number of hydrogen-bond donors (Lipinski definition) is 2. The summed E-state index contributed by atoms with van der Waals surface area (Å²) in [6, 6.07) is 6.36. The second-order valence-corrected chi connectivity index (χ2v) is 7.90. The van der Waals surface area contributed by atoms with Gasteiger partial charge in [-0.2, -0.15) is 0 Å². The molecule has 1 fully saturated rings. The largest absolute Gasteiger partial charge is 0.493 e. The Morgan fingerprint density at radius 3 is 2.69 bits per heavy atom. The van der Waals surface area contributed by atoms with Gasteiger partial charge >= 0.3 is 0 Å². The van der Waals surface area contributed by atoms with Crippen molar-refractivity contribution in [2.75, 3.05) is 53.6 Å². The van der Waals surface area contributed by atoms with Crippen LogP contribution in [-0.2, 0) is 11.3 Å². The van der Waals surface area contributed by atoms with Crippen LogP contribution in [-0.4, -0.2) is 64.4 Å². The van der Waals surface area contributed by atoms with Crippen LogP contribution in [0.15, 0.2) is 23.2 Å². The summed E-state index contributed by atoms with van der Waals surface area (Å²) in [6.45, 7) is 11.1. The molecule has 1 aromatic carbocycles. The zero-order valence-corrected chi connectivity index (χ0v) is 18.8. The number of piperidine rings is 1. The number of aliphatic imine (C=N–C) groups is 1. The lowest BCUT2D eigenvalue weighted by atomic mass is 9.97. The molecule has 1 heterocycles. The molecule has 1 aliphatic rings. The third-order valence-corrected chi connectivity index (χ3v) is 5.45. The van der Waals surface area contributed by atoms with Gasteiger partial charge in [-0.05, 0) is 63.4 Å². The van der Waals surface area contributed by atoms with Crippen LogP contribution in [0.2, 0.25) is 0 Å². The molecule has 0 saturated carbocycles. The fourth-order valence-electron chi connectivity index (χ4n) is 3.70. The van der Waals surface area contributed by atoms with Gasteiger partial charge in [-0.25, -0.2) is 0 Å². The lowest BCUT2D eigenvalue weighted by Gasteiger charge is -2.32. The van der Waals surface area contributed by atoms with E-state index in [-0.39, 0.29) is 0 Å². The van der Waals surface area contributed by atoms with Gasteiger partial charge in [0.25, 0.3) is 0 Å². The number of benzene rings is 1. The minimum Gasteiger partial charge on any atom is -0.493 e. The molecule has 1 aromatic rings. The average molecular weight is 405 g/mol. The minimum absolute atomic E-state index is 0.661. The summed E-state index contributed by atoms with van der Waals surface area (Å²) in [5.74, 6) is 2.51. The van der Waals surface area contributed by atoms with Crippen LogP contribution in [0.1, 0.15) is 43.7 Å². The topological polar surface area (TPSA) is 58.1 Å². The Balaban J connectivity index is 1.78. The van der Waals surface area contributed by atoms with E-state index in [1.165, 1.54) is 44.5 Å². The van der Waals surface area contributed by atoms with Crippen molar-refractivity contribution in [1.82, 2.24) is 15.5 Å². The number of nitrogens with one attached hydrogen (secondary N) is 2. The van der Waals surface area contributed by atoms with Crippen molar-refractivity contribution in [3.8, 4) is 5.75 Å². The van der Waals surface area contributed by atoms with Gasteiger partial charge in [-0.15, -0.1) is 0 Å². The lowest BCUT2D eigenvalue weighted by Crippen LogP contribution is -2.42. The van der Waals surface area contributed by atoms with E-state index in [2.05, 4.69) is 52.6 Å². The predicted octanol–water partition coefficient (Wildman–Crippen LogP) is 3.20. The van der Waals surface area contributed by atoms with E-state index in [1.807, 2.05) is 7.05 Å². The molecule has 2 N–H and O–H groups in total. The number of nitrogens with zero attached hydrogens (tertiary/aromatic N) is 2. The van der Waals surface area contributed by atoms with Gasteiger partial charge in [0.1, 0.15) is 5.75 Å². The molecule has 29 heavy (non-hydrogen) atoms. The Labute approximate surface area is 177 Å². The number of aryl methyl sites for hydroxylation is 1. The molecule has 0 bridgehead atoms. The van der Waals surface area contributed by atoms with Gasteiger partial charge in [-0.1, -0.05) is 19.1 Å². The zero-order valence-electron chi connectivity index (χ0n) is 18.8.